The summed E-state index contributed by atoms with van der Waals surface area (Å²) in [5, 5.41) is 0.140. The van der Waals surface area contributed by atoms with E-state index in [1.54, 1.807) is 30.5 Å². The Balaban J connectivity index is 2.43. The molecule has 6 nitrogen and oxygen atoms in total. The molecule has 1 atom stereocenters. The van der Waals surface area contributed by atoms with Gasteiger partial charge in [0.25, 0.3) is 5.91 Å². The molecule has 0 radical (unpaired) electrons. The van der Waals surface area contributed by atoms with Gasteiger partial charge in [0.05, 0.1) is 15.7 Å². The highest BCUT2D eigenvalue weighted by atomic mass is 35.5. The third kappa shape index (κ3) is 4.33. The molecule has 0 N–H and O–H groups in total. The summed E-state index contributed by atoms with van der Waals surface area (Å²) in [5.41, 5.74) is 0.340. The van der Waals surface area contributed by atoms with Crippen molar-refractivity contribution in [2.45, 2.75) is 16.7 Å². The summed E-state index contributed by atoms with van der Waals surface area (Å²) >= 11 is 4.72. The molecule has 1 amide bonds. The van der Waals surface area contributed by atoms with Crippen molar-refractivity contribution >= 4 is 44.2 Å². The molecule has 1 aromatic heterocycles. The zero-order chi connectivity index (χ0) is 18.8. The summed E-state index contributed by atoms with van der Waals surface area (Å²) in [5.74, 6) is -0.746. The Hall–Kier alpha value is -1.61. The second kappa shape index (κ2) is 7.74. The highest BCUT2D eigenvalue weighted by molar-refractivity contribution is 7.91. The number of hydrogen-bond donors (Lipinski definition) is 0. The van der Waals surface area contributed by atoms with Crippen LogP contribution in [-0.2, 0) is 21.0 Å². The molecule has 1 aromatic carbocycles. The predicted molar refractivity (Wildman–Crippen MR) is 98.5 cm³/mol. The third-order valence-corrected chi connectivity index (χ3v) is 6.48. The smallest absolute Gasteiger partial charge is 0.277 e. The first kappa shape index (κ1) is 19.7. The van der Waals surface area contributed by atoms with E-state index < -0.39 is 26.9 Å². The van der Waals surface area contributed by atoms with Crippen LogP contribution in [0.4, 0.5) is 5.69 Å². The summed E-state index contributed by atoms with van der Waals surface area (Å²) in [6.07, 6.45) is 2.80. The number of benzene rings is 1. The summed E-state index contributed by atoms with van der Waals surface area (Å²) in [6.45, 7) is 1.48. The second-order valence-corrected chi connectivity index (χ2v) is 9.28. The molecular formula is C16H17ClN2O4S2. The van der Waals surface area contributed by atoms with Gasteiger partial charge in [-0.2, -0.15) is 0 Å². The van der Waals surface area contributed by atoms with Crippen molar-refractivity contribution in [3.63, 3.8) is 0 Å². The molecule has 0 aliphatic rings. The van der Waals surface area contributed by atoms with Gasteiger partial charge in [-0.05, 0) is 41.5 Å². The number of nitrogens with zero attached hydrogens (tertiary/aromatic N) is 2. The van der Waals surface area contributed by atoms with Crippen LogP contribution in [0.1, 0.15) is 17.4 Å². The van der Waals surface area contributed by atoms with Gasteiger partial charge in [0.2, 0.25) is 0 Å². The van der Waals surface area contributed by atoms with Crippen LogP contribution < -0.4 is 4.90 Å². The Labute approximate surface area is 154 Å². The van der Waals surface area contributed by atoms with E-state index >= 15 is 0 Å². The molecule has 25 heavy (non-hydrogen) atoms. The minimum Gasteiger partial charge on any atom is -0.612 e. The van der Waals surface area contributed by atoms with Crippen molar-refractivity contribution in [2.75, 3.05) is 24.0 Å². The van der Waals surface area contributed by atoms with E-state index in [1.165, 1.54) is 31.1 Å². The summed E-state index contributed by atoms with van der Waals surface area (Å²) < 4.78 is 36.0. The van der Waals surface area contributed by atoms with Gasteiger partial charge in [-0.3, -0.25) is 4.79 Å². The van der Waals surface area contributed by atoms with E-state index in [4.69, 9.17) is 11.6 Å². The van der Waals surface area contributed by atoms with Crippen molar-refractivity contribution in [1.29, 1.82) is 0 Å². The summed E-state index contributed by atoms with van der Waals surface area (Å²) in [4.78, 5) is 18.4. The third-order valence-electron chi connectivity index (χ3n) is 3.60. The average molecular weight is 401 g/mol. The summed E-state index contributed by atoms with van der Waals surface area (Å²) in [6, 6.07) is 7.80. The first-order valence-electron chi connectivity index (χ1n) is 7.27. The van der Waals surface area contributed by atoms with Crippen molar-refractivity contribution in [1.82, 2.24) is 4.98 Å². The number of halogens is 1. The van der Waals surface area contributed by atoms with Gasteiger partial charge in [-0.25, -0.2) is 13.4 Å². The fraction of sp³-hybridized carbons (Fsp3) is 0.250. The first-order valence-corrected chi connectivity index (χ1v) is 10.9. The van der Waals surface area contributed by atoms with E-state index in [0.29, 0.717) is 10.6 Å². The lowest BCUT2D eigenvalue weighted by Gasteiger charge is -2.19. The molecule has 2 rings (SSSR count). The Morgan fingerprint density at radius 3 is 2.44 bits per heavy atom. The van der Waals surface area contributed by atoms with E-state index in [2.05, 4.69) is 4.98 Å². The standard InChI is InChI=1S/C16H17ClN2O4S2/c1-4-25(22,23)14-9-11(17)10-18-15(14)16(20)19(2)12-5-7-13(8-6-12)24(3)21/h5-10H,4H2,1-3H3. The number of sulfone groups is 1. The molecule has 0 bridgehead atoms. The Bertz CT molecular complexity index is 884. The molecule has 9 heteroatoms. The van der Waals surface area contributed by atoms with Gasteiger partial charge in [-0.15, -0.1) is 0 Å². The second-order valence-electron chi connectivity index (χ2n) is 5.22. The Morgan fingerprint density at radius 2 is 1.92 bits per heavy atom. The number of carbonyl (C=O) groups excluding carboxylic acids is 1. The van der Waals surface area contributed by atoms with E-state index in [-0.39, 0.29) is 21.4 Å². The average Bonchev–Trinajstić information content (AvgIpc) is 2.60. The lowest BCUT2D eigenvalue weighted by molar-refractivity contribution is 0.0985. The van der Waals surface area contributed by atoms with Crippen LogP contribution in [0.25, 0.3) is 0 Å². The number of amides is 1. The van der Waals surface area contributed by atoms with Gasteiger partial charge in [0, 0.05) is 18.9 Å². The molecular weight excluding hydrogens is 384 g/mol. The normalized spacial score (nSPS) is 12.7. The van der Waals surface area contributed by atoms with Gasteiger partial charge in [0.15, 0.2) is 14.7 Å². The van der Waals surface area contributed by atoms with Gasteiger partial charge >= 0.3 is 0 Å². The van der Waals surface area contributed by atoms with Crippen molar-refractivity contribution in [2.24, 2.45) is 0 Å². The van der Waals surface area contributed by atoms with Crippen LogP contribution in [0.15, 0.2) is 46.3 Å². The maximum Gasteiger partial charge on any atom is 0.277 e. The lowest BCUT2D eigenvalue weighted by Crippen LogP contribution is -2.29. The molecule has 2 aromatic rings. The Kier molecular flexibility index (Phi) is 6.10. The van der Waals surface area contributed by atoms with Gasteiger partial charge in [0.1, 0.15) is 11.9 Å². The number of pyridine rings is 1. The minimum absolute atomic E-state index is 0.140. The van der Waals surface area contributed by atoms with Crippen LogP contribution in [0.2, 0.25) is 5.02 Å². The highest BCUT2D eigenvalue weighted by Crippen LogP contribution is 2.24. The zero-order valence-electron chi connectivity index (χ0n) is 13.9. The topological polar surface area (TPSA) is 90.4 Å². The van der Waals surface area contributed by atoms with Crippen molar-refractivity contribution in [3.8, 4) is 0 Å². The lowest BCUT2D eigenvalue weighted by atomic mass is 10.2. The number of hydrogen-bond acceptors (Lipinski definition) is 5. The van der Waals surface area contributed by atoms with E-state index in [0.717, 1.165) is 0 Å². The largest absolute Gasteiger partial charge is 0.612 e. The maximum absolute atomic E-state index is 12.8. The van der Waals surface area contributed by atoms with Crippen molar-refractivity contribution in [3.05, 3.63) is 47.2 Å². The van der Waals surface area contributed by atoms with E-state index in [9.17, 15) is 17.8 Å². The Morgan fingerprint density at radius 1 is 1.32 bits per heavy atom. The molecule has 1 unspecified atom stereocenters. The molecule has 0 saturated heterocycles. The number of rotatable bonds is 5. The number of aromatic nitrogens is 1. The van der Waals surface area contributed by atoms with E-state index in [1.807, 2.05) is 0 Å². The molecule has 0 fully saturated rings. The SMILES string of the molecule is CCS(=O)(=O)c1cc(Cl)cnc1C(=O)N(C)c1ccc([S+](C)[O-])cc1. The highest BCUT2D eigenvalue weighted by Gasteiger charge is 2.26. The molecule has 0 saturated carbocycles. The zero-order valence-corrected chi connectivity index (χ0v) is 16.3. The molecule has 134 valence electrons. The van der Waals surface area contributed by atoms with Crippen LogP contribution in [-0.4, -0.2) is 42.9 Å². The monoisotopic (exact) mass is 400 g/mol. The van der Waals surface area contributed by atoms with Crippen LogP contribution in [0, 0.1) is 0 Å². The number of carbonyl (C=O) groups is 1. The molecule has 0 spiro atoms. The van der Waals surface area contributed by atoms with Gasteiger partial charge < -0.3 is 9.45 Å². The molecule has 1 heterocycles. The van der Waals surface area contributed by atoms with Crippen LogP contribution in [0.3, 0.4) is 0 Å². The quantitative estimate of drug-likeness (QED) is 0.719. The maximum atomic E-state index is 12.8. The fourth-order valence-corrected chi connectivity index (χ4v) is 3.91. The molecule has 0 aliphatic carbocycles. The molecule has 0 aliphatic heterocycles. The van der Waals surface area contributed by atoms with Gasteiger partial charge in [-0.1, -0.05) is 18.5 Å². The van der Waals surface area contributed by atoms with Crippen molar-refractivity contribution < 1.29 is 17.8 Å². The first-order chi connectivity index (χ1) is 11.7. The fourth-order valence-electron chi connectivity index (χ4n) is 2.11. The summed E-state index contributed by atoms with van der Waals surface area (Å²) in [7, 11) is -2.15. The minimum atomic E-state index is -3.66. The predicted octanol–water partition coefficient (Wildman–Crippen LogP) is 2.54. The van der Waals surface area contributed by atoms with Crippen LogP contribution in [0.5, 0.6) is 0 Å². The number of anilines is 1. The van der Waals surface area contributed by atoms with Crippen LogP contribution >= 0.6 is 11.6 Å².